The summed E-state index contributed by atoms with van der Waals surface area (Å²) in [5, 5.41) is 0. The van der Waals surface area contributed by atoms with Crippen LogP contribution in [0.4, 0.5) is 0 Å². The third-order valence-electron chi connectivity index (χ3n) is 2.31. The van der Waals surface area contributed by atoms with Gasteiger partial charge in [0.1, 0.15) is 4.08 Å². The van der Waals surface area contributed by atoms with E-state index in [2.05, 4.69) is 29.5 Å². The van der Waals surface area contributed by atoms with Crippen LogP contribution in [-0.2, 0) is 4.08 Å². The standard InChI is InChI=1S/C11H13NS2/c1-13-11(6-2-3-8-14-11)10-5-4-7-12-9-10/h2,4-7,9H,3,8H2,1H3. The number of allylic oxidation sites excluding steroid dienone is 1. The molecule has 1 aromatic heterocycles. The van der Waals surface area contributed by atoms with Crippen molar-refractivity contribution in [2.24, 2.45) is 0 Å². The number of pyridine rings is 1. The van der Waals surface area contributed by atoms with Gasteiger partial charge < -0.3 is 0 Å². The molecule has 2 heterocycles. The van der Waals surface area contributed by atoms with E-state index in [1.54, 1.807) is 0 Å². The minimum absolute atomic E-state index is 0.104. The molecule has 0 spiro atoms. The van der Waals surface area contributed by atoms with Crippen LogP contribution in [0.1, 0.15) is 12.0 Å². The Bertz CT molecular complexity index is 323. The lowest BCUT2D eigenvalue weighted by molar-refractivity contribution is 1.05. The fourth-order valence-electron chi connectivity index (χ4n) is 1.56. The molecule has 2 rings (SSSR count). The molecule has 1 aromatic rings. The van der Waals surface area contributed by atoms with E-state index in [4.69, 9.17) is 0 Å². The zero-order chi connectivity index (χ0) is 9.86. The molecule has 1 nitrogen and oxygen atoms in total. The third kappa shape index (κ3) is 1.84. The first kappa shape index (κ1) is 10.1. The summed E-state index contributed by atoms with van der Waals surface area (Å²) in [7, 11) is 0. The normalized spacial score (nSPS) is 26.4. The Morgan fingerprint density at radius 1 is 1.57 bits per heavy atom. The van der Waals surface area contributed by atoms with Crippen LogP contribution in [0, 0.1) is 0 Å². The maximum atomic E-state index is 4.19. The number of hydrogen-bond acceptors (Lipinski definition) is 3. The van der Waals surface area contributed by atoms with Gasteiger partial charge in [0.15, 0.2) is 0 Å². The zero-order valence-electron chi connectivity index (χ0n) is 8.14. The average molecular weight is 223 g/mol. The quantitative estimate of drug-likeness (QED) is 0.714. The molecule has 0 aliphatic carbocycles. The molecule has 3 heteroatoms. The number of aromatic nitrogens is 1. The smallest absolute Gasteiger partial charge is 0.106 e. The Morgan fingerprint density at radius 3 is 3.07 bits per heavy atom. The minimum Gasteiger partial charge on any atom is -0.264 e. The summed E-state index contributed by atoms with van der Waals surface area (Å²) in [6.45, 7) is 0. The molecule has 0 fully saturated rings. The fourth-order valence-corrected chi connectivity index (χ4v) is 3.91. The van der Waals surface area contributed by atoms with Crippen molar-refractivity contribution in [2.75, 3.05) is 12.0 Å². The third-order valence-corrected chi connectivity index (χ3v) is 5.38. The molecule has 0 saturated heterocycles. The topological polar surface area (TPSA) is 12.9 Å². The Kier molecular flexibility index (Phi) is 3.19. The molecule has 0 N–H and O–H groups in total. The van der Waals surface area contributed by atoms with Crippen molar-refractivity contribution in [3.8, 4) is 0 Å². The Labute approximate surface area is 93.4 Å². The van der Waals surface area contributed by atoms with E-state index in [1.807, 2.05) is 42.0 Å². The summed E-state index contributed by atoms with van der Waals surface area (Å²) in [6.07, 6.45) is 11.7. The number of rotatable bonds is 2. The summed E-state index contributed by atoms with van der Waals surface area (Å²) in [6, 6.07) is 4.17. The van der Waals surface area contributed by atoms with E-state index in [1.165, 1.54) is 17.7 Å². The molecule has 0 saturated carbocycles. The van der Waals surface area contributed by atoms with Gasteiger partial charge in [0.05, 0.1) is 0 Å². The van der Waals surface area contributed by atoms with Crippen LogP contribution in [0.3, 0.4) is 0 Å². The molecule has 1 aliphatic heterocycles. The molecule has 0 aromatic carbocycles. The lowest BCUT2D eigenvalue weighted by Crippen LogP contribution is -2.17. The highest BCUT2D eigenvalue weighted by atomic mass is 32.2. The number of hydrogen-bond donors (Lipinski definition) is 0. The molecule has 74 valence electrons. The van der Waals surface area contributed by atoms with Crippen LogP contribution in [0.15, 0.2) is 36.7 Å². The number of thioether (sulfide) groups is 2. The van der Waals surface area contributed by atoms with Crippen LogP contribution in [0.25, 0.3) is 0 Å². The van der Waals surface area contributed by atoms with Crippen molar-refractivity contribution in [3.63, 3.8) is 0 Å². The van der Waals surface area contributed by atoms with Gasteiger partial charge in [-0.1, -0.05) is 18.2 Å². The second-order valence-corrected chi connectivity index (χ2v) is 5.80. The first-order chi connectivity index (χ1) is 6.87. The van der Waals surface area contributed by atoms with Gasteiger partial charge in [-0.3, -0.25) is 4.98 Å². The molecular weight excluding hydrogens is 210 g/mol. The zero-order valence-corrected chi connectivity index (χ0v) is 9.78. The van der Waals surface area contributed by atoms with Crippen LogP contribution in [-0.4, -0.2) is 17.0 Å². The van der Waals surface area contributed by atoms with Crippen LogP contribution in [0.2, 0.25) is 0 Å². The van der Waals surface area contributed by atoms with E-state index < -0.39 is 0 Å². The van der Waals surface area contributed by atoms with E-state index in [9.17, 15) is 0 Å². The Morgan fingerprint density at radius 2 is 2.50 bits per heavy atom. The van der Waals surface area contributed by atoms with Crippen LogP contribution < -0.4 is 0 Å². The number of nitrogens with zero attached hydrogens (tertiary/aromatic N) is 1. The van der Waals surface area contributed by atoms with Gasteiger partial charge in [0, 0.05) is 18.0 Å². The molecule has 1 atom stereocenters. The summed E-state index contributed by atoms with van der Waals surface area (Å²) in [5.74, 6) is 1.20. The summed E-state index contributed by atoms with van der Waals surface area (Å²) < 4.78 is 0.104. The van der Waals surface area contributed by atoms with Crippen LogP contribution in [0.5, 0.6) is 0 Å². The fraction of sp³-hybridized carbons (Fsp3) is 0.364. The summed E-state index contributed by atoms with van der Waals surface area (Å²) in [4.78, 5) is 4.19. The van der Waals surface area contributed by atoms with Gasteiger partial charge >= 0.3 is 0 Å². The highest BCUT2D eigenvalue weighted by molar-refractivity contribution is 8.17. The summed E-state index contributed by atoms with van der Waals surface area (Å²) >= 11 is 3.88. The highest BCUT2D eigenvalue weighted by Gasteiger charge is 2.30. The van der Waals surface area contributed by atoms with E-state index in [0.717, 1.165) is 0 Å². The molecule has 1 unspecified atom stereocenters. The van der Waals surface area contributed by atoms with Crippen molar-refractivity contribution < 1.29 is 0 Å². The molecule has 1 aliphatic rings. The van der Waals surface area contributed by atoms with E-state index in [0.29, 0.717) is 0 Å². The molecule has 0 bridgehead atoms. The van der Waals surface area contributed by atoms with Crippen molar-refractivity contribution in [1.29, 1.82) is 0 Å². The molecular formula is C11H13NS2. The predicted octanol–water partition coefficient (Wildman–Crippen LogP) is 3.29. The Hall–Kier alpha value is -0.410. The predicted molar refractivity (Wildman–Crippen MR) is 65.6 cm³/mol. The van der Waals surface area contributed by atoms with Crippen molar-refractivity contribution in [3.05, 3.63) is 42.2 Å². The van der Waals surface area contributed by atoms with Crippen molar-refractivity contribution in [1.82, 2.24) is 4.98 Å². The largest absolute Gasteiger partial charge is 0.264 e. The van der Waals surface area contributed by atoms with Crippen LogP contribution >= 0.6 is 23.5 Å². The lowest BCUT2D eigenvalue weighted by atomic mass is 10.1. The van der Waals surface area contributed by atoms with Gasteiger partial charge in [0.25, 0.3) is 0 Å². The Balaban J connectivity index is 2.37. The van der Waals surface area contributed by atoms with Gasteiger partial charge in [-0.15, -0.1) is 23.5 Å². The van der Waals surface area contributed by atoms with E-state index >= 15 is 0 Å². The van der Waals surface area contributed by atoms with E-state index in [-0.39, 0.29) is 4.08 Å². The van der Waals surface area contributed by atoms with Gasteiger partial charge in [-0.25, -0.2) is 0 Å². The van der Waals surface area contributed by atoms with Gasteiger partial charge in [-0.2, -0.15) is 0 Å². The SMILES string of the molecule is CSC1(c2cccnc2)C=CCCS1. The maximum Gasteiger partial charge on any atom is 0.106 e. The van der Waals surface area contributed by atoms with Gasteiger partial charge in [0.2, 0.25) is 0 Å². The first-order valence-corrected chi connectivity index (χ1v) is 6.86. The summed E-state index contributed by atoms with van der Waals surface area (Å²) in [5.41, 5.74) is 1.30. The van der Waals surface area contributed by atoms with Crippen molar-refractivity contribution in [2.45, 2.75) is 10.5 Å². The molecule has 0 radical (unpaired) electrons. The second kappa shape index (κ2) is 4.41. The molecule has 14 heavy (non-hydrogen) atoms. The minimum atomic E-state index is 0.104. The maximum absolute atomic E-state index is 4.19. The van der Waals surface area contributed by atoms with Crippen molar-refractivity contribution >= 4 is 23.5 Å². The monoisotopic (exact) mass is 223 g/mol. The lowest BCUT2D eigenvalue weighted by Gasteiger charge is -2.30. The second-order valence-electron chi connectivity index (χ2n) is 3.15. The molecule has 0 amide bonds. The average Bonchev–Trinajstić information content (AvgIpc) is 2.31. The van der Waals surface area contributed by atoms with Gasteiger partial charge in [-0.05, 0) is 24.5 Å². The highest BCUT2D eigenvalue weighted by Crippen LogP contribution is 2.48. The first-order valence-electron chi connectivity index (χ1n) is 4.65.